The Labute approximate surface area is 144 Å². The summed E-state index contributed by atoms with van der Waals surface area (Å²) in [5.41, 5.74) is 0. The van der Waals surface area contributed by atoms with Crippen LogP contribution in [0.1, 0.15) is 26.2 Å². The summed E-state index contributed by atoms with van der Waals surface area (Å²) in [5.74, 6) is 0.658. The van der Waals surface area contributed by atoms with Crippen LogP contribution in [0.3, 0.4) is 0 Å². The quantitative estimate of drug-likeness (QED) is 0.754. The predicted octanol–water partition coefficient (Wildman–Crippen LogP) is 1.62. The molecular formula is C17H26N2O4S. The smallest absolute Gasteiger partial charge is 0.243 e. The third kappa shape index (κ3) is 4.08. The number of ether oxygens (including phenoxy) is 2. The number of nitrogens with zero attached hydrogens (tertiary/aromatic N) is 1. The second-order valence-corrected chi connectivity index (χ2v) is 8.24. The SMILES string of the molecule is CCOCCOc1ccc(S(=O)(=O)N2CCC3CCC(C2)N3)cc1. The molecule has 0 saturated carbocycles. The lowest BCUT2D eigenvalue weighted by atomic mass is 10.1. The second kappa shape index (κ2) is 7.82. The molecule has 2 aliphatic rings. The Kier molecular flexibility index (Phi) is 5.76. The molecule has 0 radical (unpaired) electrons. The minimum atomic E-state index is -3.44. The van der Waals surface area contributed by atoms with Gasteiger partial charge in [0.15, 0.2) is 0 Å². The first-order chi connectivity index (χ1) is 11.6. The molecular weight excluding hydrogens is 328 g/mol. The van der Waals surface area contributed by atoms with E-state index >= 15 is 0 Å². The average Bonchev–Trinajstić information content (AvgIpc) is 2.90. The highest BCUT2D eigenvalue weighted by molar-refractivity contribution is 7.89. The molecule has 1 aromatic carbocycles. The highest BCUT2D eigenvalue weighted by atomic mass is 32.2. The van der Waals surface area contributed by atoms with E-state index in [0.717, 1.165) is 19.3 Å². The van der Waals surface area contributed by atoms with Crippen molar-refractivity contribution in [2.75, 3.05) is 32.9 Å². The molecule has 134 valence electrons. The van der Waals surface area contributed by atoms with E-state index in [1.807, 2.05) is 6.92 Å². The van der Waals surface area contributed by atoms with Crippen molar-refractivity contribution < 1.29 is 17.9 Å². The van der Waals surface area contributed by atoms with Crippen molar-refractivity contribution in [3.8, 4) is 5.75 Å². The molecule has 2 heterocycles. The van der Waals surface area contributed by atoms with Crippen molar-refractivity contribution in [2.45, 2.75) is 43.2 Å². The molecule has 0 amide bonds. The lowest BCUT2D eigenvalue weighted by Crippen LogP contribution is -2.39. The number of nitrogens with one attached hydrogen (secondary N) is 1. The highest BCUT2D eigenvalue weighted by Gasteiger charge is 2.34. The first-order valence-corrected chi connectivity index (χ1v) is 10.1. The van der Waals surface area contributed by atoms with Gasteiger partial charge < -0.3 is 14.8 Å². The zero-order chi connectivity index (χ0) is 17.0. The molecule has 2 fully saturated rings. The maximum absolute atomic E-state index is 12.9. The Bertz CT molecular complexity index is 632. The van der Waals surface area contributed by atoms with E-state index in [4.69, 9.17) is 9.47 Å². The van der Waals surface area contributed by atoms with Crippen LogP contribution in [0.5, 0.6) is 5.75 Å². The lowest BCUT2D eigenvalue weighted by molar-refractivity contribution is 0.110. The molecule has 24 heavy (non-hydrogen) atoms. The maximum Gasteiger partial charge on any atom is 0.243 e. The summed E-state index contributed by atoms with van der Waals surface area (Å²) < 4.78 is 38.1. The van der Waals surface area contributed by atoms with Gasteiger partial charge in [0.1, 0.15) is 12.4 Å². The van der Waals surface area contributed by atoms with Crippen molar-refractivity contribution in [1.29, 1.82) is 0 Å². The summed E-state index contributed by atoms with van der Waals surface area (Å²) >= 11 is 0. The topological polar surface area (TPSA) is 67.9 Å². The van der Waals surface area contributed by atoms with Gasteiger partial charge >= 0.3 is 0 Å². The van der Waals surface area contributed by atoms with E-state index in [-0.39, 0.29) is 6.04 Å². The van der Waals surface area contributed by atoms with Gasteiger partial charge in [-0.2, -0.15) is 4.31 Å². The molecule has 1 N–H and O–H groups in total. The van der Waals surface area contributed by atoms with Crippen molar-refractivity contribution in [3.63, 3.8) is 0 Å². The first-order valence-electron chi connectivity index (χ1n) is 8.66. The third-order valence-corrected chi connectivity index (χ3v) is 6.53. The second-order valence-electron chi connectivity index (χ2n) is 6.31. The van der Waals surface area contributed by atoms with Gasteiger partial charge in [-0.05, 0) is 50.5 Å². The molecule has 2 saturated heterocycles. The molecule has 0 aliphatic carbocycles. The Balaban J connectivity index is 1.64. The van der Waals surface area contributed by atoms with Crippen LogP contribution in [0.15, 0.2) is 29.2 Å². The van der Waals surface area contributed by atoms with Crippen molar-refractivity contribution in [2.24, 2.45) is 0 Å². The van der Waals surface area contributed by atoms with Crippen LogP contribution in [0.25, 0.3) is 0 Å². The van der Waals surface area contributed by atoms with Gasteiger partial charge in [0, 0.05) is 31.8 Å². The molecule has 7 heteroatoms. The van der Waals surface area contributed by atoms with Gasteiger partial charge in [0.2, 0.25) is 10.0 Å². The van der Waals surface area contributed by atoms with E-state index in [0.29, 0.717) is 49.6 Å². The Morgan fingerprint density at radius 1 is 1.12 bits per heavy atom. The molecule has 2 aliphatic heterocycles. The molecule has 2 bridgehead atoms. The van der Waals surface area contributed by atoms with Crippen LogP contribution in [-0.4, -0.2) is 57.7 Å². The Morgan fingerprint density at radius 2 is 1.88 bits per heavy atom. The summed E-state index contributed by atoms with van der Waals surface area (Å²) in [6.45, 7) is 4.73. The van der Waals surface area contributed by atoms with Gasteiger partial charge in [-0.15, -0.1) is 0 Å². The van der Waals surface area contributed by atoms with Crippen LogP contribution in [0, 0.1) is 0 Å². The third-order valence-electron chi connectivity index (χ3n) is 4.65. The van der Waals surface area contributed by atoms with Crippen molar-refractivity contribution in [1.82, 2.24) is 9.62 Å². The zero-order valence-corrected chi connectivity index (χ0v) is 14.9. The molecule has 1 aromatic rings. The number of benzene rings is 1. The lowest BCUT2D eigenvalue weighted by Gasteiger charge is -2.23. The fraction of sp³-hybridized carbons (Fsp3) is 0.647. The summed E-state index contributed by atoms with van der Waals surface area (Å²) in [7, 11) is -3.44. The summed E-state index contributed by atoms with van der Waals surface area (Å²) in [4.78, 5) is 0.331. The summed E-state index contributed by atoms with van der Waals surface area (Å²) in [5, 5.41) is 3.51. The van der Waals surface area contributed by atoms with Crippen LogP contribution in [0.2, 0.25) is 0 Å². The maximum atomic E-state index is 12.9. The number of fused-ring (bicyclic) bond motifs is 2. The Hall–Kier alpha value is -1.15. The number of hydrogen-bond acceptors (Lipinski definition) is 5. The predicted molar refractivity (Wildman–Crippen MR) is 91.8 cm³/mol. The first kappa shape index (κ1) is 17.7. The van der Waals surface area contributed by atoms with Gasteiger partial charge in [-0.3, -0.25) is 0 Å². The fourth-order valence-electron chi connectivity index (χ4n) is 3.35. The van der Waals surface area contributed by atoms with Crippen molar-refractivity contribution >= 4 is 10.0 Å². The molecule has 2 atom stereocenters. The highest BCUT2D eigenvalue weighted by Crippen LogP contribution is 2.26. The van der Waals surface area contributed by atoms with Crippen molar-refractivity contribution in [3.05, 3.63) is 24.3 Å². The molecule has 3 rings (SSSR count). The molecule has 2 unspecified atom stereocenters. The average molecular weight is 354 g/mol. The van der Waals surface area contributed by atoms with Crippen LogP contribution >= 0.6 is 0 Å². The Morgan fingerprint density at radius 3 is 2.62 bits per heavy atom. The normalized spacial score (nSPS) is 24.7. The van der Waals surface area contributed by atoms with Gasteiger partial charge in [0.25, 0.3) is 0 Å². The van der Waals surface area contributed by atoms with E-state index in [9.17, 15) is 8.42 Å². The largest absolute Gasteiger partial charge is 0.491 e. The molecule has 0 spiro atoms. The summed E-state index contributed by atoms with van der Waals surface area (Å²) in [6.07, 6.45) is 3.10. The minimum absolute atomic E-state index is 0.286. The van der Waals surface area contributed by atoms with Crippen LogP contribution in [-0.2, 0) is 14.8 Å². The van der Waals surface area contributed by atoms with E-state index in [2.05, 4.69) is 5.32 Å². The van der Waals surface area contributed by atoms with Crippen LogP contribution in [0.4, 0.5) is 0 Å². The standard InChI is InChI=1S/C17H26N2O4S/c1-2-22-11-12-23-16-5-7-17(8-6-16)24(20,21)19-10-9-14-3-4-15(13-19)18-14/h5-8,14-15,18H,2-4,9-13H2,1H3. The van der Waals surface area contributed by atoms with Gasteiger partial charge in [-0.1, -0.05) is 0 Å². The monoisotopic (exact) mass is 354 g/mol. The van der Waals surface area contributed by atoms with Crippen LogP contribution < -0.4 is 10.1 Å². The zero-order valence-electron chi connectivity index (χ0n) is 14.1. The molecule has 6 nitrogen and oxygen atoms in total. The fourth-order valence-corrected chi connectivity index (χ4v) is 4.85. The van der Waals surface area contributed by atoms with E-state index in [1.165, 1.54) is 0 Å². The minimum Gasteiger partial charge on any atom is -0.491 e. The van der Waals surface area contributed by atoms with E-state index < -0.39 is 10.0 Å². The van der Waals surface area contributed by atoms with Gasteiger partial charge in [-0.25, -0.2) is 8.42 Å². The number of sulfonamides is 1. The number of hydrogen-bond donors (Lipinski definition) is 1. The summed E-state index contributed by atoms with van der Waals surface area (Å²) in [6, 6.07) is 7.43. The molecule has 0 aromatic heterocycles. The number of rotatable bonds is 7. The van der Waals surface area contributed by atoms with Gasteiger partial charge in [0.05, 0.1) is 11.5 Å². The van der Waals surface area contributed by atoms with E-state index in [1.54, 1.807) is 28.6 Å².